The second-order valence-corrected chi connectivity index (χ2v) is 8.21. The molecule has 3 aromatic heterocycles. The van der Waals surface area contributed by atoms with Crippen molar-refractivity contribution in [2.75, 3.05) is 5.32 Å². The molecule has 136 valence electrons. The van der Waals surface area contributed by atoms with Crippen LogP contribution in [0.25, 0.3) is 20.8 Å². The number of aryl methyl sites for hydroxylation is 2. The molecule has 0 aliphatic rings. The van der Waals surface area contributed by atoms with E-state index < -0.39 is 0 Å². The number of anilines is 1. The molecule has 1 amide bonds. The highest BCUT2D eigenvalue weighted by Crippen LogP contribution is 2.31. The summed E-state index contributed by atoms with van der Waals surface area (Å²) in [7, 11) is 0. The molecule has 0 bridgehead atoms. The molecule has 4 rings (SSSR count). The highest BCUT2D eigenvalue weighted by molar-refractivity contribution is 7.20. The van der Waals surface area contributed by atoms with Gasteiger partial charge in [-0.25, -0.2) is 9.67 Å². The van der Waals surface area contributed by atoms with Gasteiger partial charge in [0.15, 0.2) is 5.52 Å². The summed E-state index contributed by atoms with van der Waals surface area (Å²) in [6, 6.07) is 11.4. The van der Waals surface area contributed by atoms with Crippen molar-refractivity contribution in [1.29, 1.82) is 0 Å². The quantitative estimate of drug-likeness (QED) is 0.569. The van der Waals surface area contributed by atoms with Gasteiger partial charge in [-0.3, -0.25) is 9.59 Å². The zero-order valence-corrected chi connectivity index (χ0v) is 16.4. The van der Waals surface area contributed by atoms with Gasteiger partial charge >= 0.3 is 0 Å². The molecule has 0 unspecified atom stereocenters. The largest absolute Gasteiger partial charge is 0.324 e. The Morgan fingerprint density at radius 1 is 1.19 bits per heavy atom. The van der Waals surface area contributed by atoms with Crippen molar-refractivity contribution in [3.63, 3.8) is 0 Å². The van der Waals surface area contributed by atoms with Gasteiger partial charge in [-0.2, -0.15) is 5.10 Å². The molecule has 6 nitrogen and oxygen atoms in total. The SMILES string of the molecule is Cc1nc2c(=O)n(CC(=O)Nc3ccccc3C)nc(-c3cccs3)c2s1. The Balaban J connectivity index is 1.73. The molecule has 0 saturated carbocycles. The molecule has 1 N–H and O–H groups in total. The fourth-order valence-electron chi connectivity index (χ4n) is 2.79. The first-order valence-corrected chi connectivity index (χ1v) is 10.00. The maximum Gasteiger partial charge on any atom is 0.294 e. The highest BCUT2D eigenvalue weighted by atomic mass is 32.1. The number of fused-ring (bicyclic) bond motifs is 1. The number of hydrogen-bond acceptors (Lipinski definition) is 6. The molecule has 27 heavy (non-hydrogen) atoms. The first kappa shape index (κ1) is 17.6. The van der Waals surface area contributed by atoms with Gasteiger partial charge in [-0.15, -0.1) is 22.7 Å². The van der Waals surface area contributed by atoms with E-state index in [4.69, 9.17) is 0 Å². The molecule has 8 heteroatoms. The van der Waals surface area contributed by atoms with Crippen LogP contribution in [0.4, 0.5) is 5.69 Å². The van der Waals surface area contributed by atoms with Crippen molar-refractivity contribution in [3.8, 4) is 10.6 Å². The molecule has 0 fully saturated rings. The van der Waals surface area contributed by atoms with Crippen LogP contribution in [0, 0.1) is 13.8 Å². The molecular weight excluding hydrogens is 380 g/mol. The number of thiazole rings is 1. The van der Waals surface area contributed by atoms with Gasteiger partial charge in [-0.05, 0) is 36.9 Å². The summed E-state index contributed by atoms with van der Waals surface area (Å²) in [6.07, 6.45) is 0. The van der Waals surface area contributed by atoms with Gasteiger partial charge in [0.2, 0.25) is 5.91 Å². The molecule has 0 radical (unpaired) electrons. The van der Waals surface area contributed by atoms with E-state index in [1.807, 2.05) is 55.6 Å². The predicted molar refractivity (Wildman–Crippen MR) is 110 cm³/mol. The standard InChI is InChI=1S/C19H16N4O2S2/c1-11-6-3-4-7-13(11)21-15(24)10-23-19(25)17-18(27-12(2)20-17)16(22-23)14-8-5-9-26-14/h3-9H,10H2,1-2H3,(H,21,24). The first-order valence-electron chi connectivity index (χ1n) is 8.30. The highest BCUT2D eigenvalue weighted by Gasteiger charge is 2.18. The van der Waals surface area contributed by atoms with Crippen molar-refractivity contribution in [2.45, 2.75) is 20.4 Å². The number of carbonyl (C=O) groups is 1. The Morgan fingerprint density at radius 2 is 2.00 bits per heavy atom. The van der Waals surface area contributed by atoms with Crippen LogP contribution in [0.5, 0.6) is 0 Å². The Labute approximate surface area is 163 Å². The Kier molecular flexibility index (Phi) is 4.59. The van der Waals surface area contributed by atoms with Crippen molar-refractivity contribution in [1.82, 2.24) is 14.8 Å². The second kappa shape index (κ2) is 7.05. The fourth-order valence-corrected chi connectivity index (χ4v) is 4.48. The molecular formula is C19H16N4O2S2. The van der Waals surface area contributed by atoms with E-state index in [2.05, 4.69) is 15.4 Å². The van der Waals surface area contributed by atoms with Crippen LogP contribution in [-0.4, -0.2) is 20.7 Å². The third kappa shape index (κ3) is 3.41. The van der Waals surface area contributed by atoms with Crippen LogP contribution < -0.4 is 10.9 Å². The number of hydrogen-bond donors (Lipinski definition) is 1. The van der Waals surface area contributed by atoms with Gasteiger partial charge in [0.05, 0.1) is 14.6 Å². The number of rotatable bonds is 4. The topological polar surface area (TPSA) is 76.9 Å². The zero-order valence-electron chi connectivity index (χ0n) is 14.7. The summed E-state index contributed by atoms with van der Waals surface area (Å²) >= 11 is 2.98. The maximum absolute atomic E-state index is 12.8. The van der Waals surface area contributed by atoms with Crippen LogP contribution in [0.1, 0.15) is 10.6 Å². The van der Waals surface area contributed by atoms with Gasteiger partial charge in [-0.1, -0.05) is 24.3 Å². The number of nitrogens with zero attached hydrogens (tertiary/aromatic N) is 3. The number of carbonyl (C=O) groups excluding carboxylic acids is 1. The van der Waals surface area contributed by atoms with E-state index >= 15 is 0 Å². The minimum atomic E-state index is -0.352. The maximum atomic E-state index is 12.8. The van der Waals surface area contributed by atoms with E-state index in [9.17, 15) is 9.59 Å². The molecule has 1 aromatic carbocycles. The smallest absolute Gasteiger partial charge is 0.294 e. The predicted octanol–water partition coefficient (Wildman–Crippen LogP) is 3.84. The first-order chi connectivity index (χ1) is 13.0. The monoisotopic (exact) mass is 396 g/mol. The lowest BCUT2D eigenvalue weighted by Crippen LogP contribution is -2.30. The molecule has 0 aliphatic heterocycles. The number of nitrogens with one attached hydrogen (secondary N) is 1. The summed E-state index contributed by atoms with van der Waals surface area (Å²) in [4.78, 5) is 30.6. The molecule has 3 heterocycles. The lowest BCUT2D eigenvalue weighted by molar-refractivity contribution is -0.117. The van der Waals surface area contributed by atoms with E-state index in [0.717, 1.165) is 25.8 Å². The number of aromatic nitrogens is 3. The van der Waals surface area contributed by atoms with Crippen LogP contribution in [0.15, 0.2) is 46.6 Å². The molecule has 0 atom stereocenters. The van der Waals surface area contributed by atoms with Gasteiger partial charge in [0, 0.05) is 5.69 Å². The van der Waals surface area contributed by atoms with Crippen LogP contribution in [0.3, 0.4) is 0 Å². The zero-order chi connectivity index (χ0) is 19.0. The summed E-state index contributed by atoms with van der Waals surface area (Å²) in [5.41, 5.74) is 2.37. The van der Waals surface area contributed by atoms with Crippen molar-refractivity contribution < 1.29 is 4.79 Å². The molecule has 0 aliphatic carbocycles. The number of benzene rings is 1. The summed E-state index contributed by atoms with van der Waals surface area (Å²) < 4.78 is 1.96. The van der Waals surface area contributed by atoms with Gasteiger partial charge in [0.25, 0.3) is 5.56 Å². The van der Waals surface area contributed by atoms with Crippen molar-refractivity contribution in [2.24, 2.45) is 0 Å². The normalized spacial score (nSPS) is 11.0. The minimum Gasteiger partial charge on any atom is -0.324 e. The van der Waals surface area contributed by atoms with Crippen LogP contribution in [0.2, 0.25) is 0 Å². The van der Waals surface area contributed by atoms with E-state index in [0.29, 0.717) is 11.2 Å². The lowest BCUT2D eigenvalue weighted by Gasteiger charge is -2.10. The fraction of sp³-hybridized carbons (Fsp3) is 0.158. The van der Waals surface area contributed by atoms with Gasteiger partial charge < -0.3 is 5.32 Å². The number of amides is 1. The molecule has 4 aromatic rings. The Bertz CT molecular complexity index is 1190. The summed E-state index contributed by atoms with van der Waals surface area (Å²) in [5, 5.41) is 10.1. The van der Waals surface area contributed by atoms with Crippen LogP contribution in [-0.2, 0) is 11.3 Å². The minimum absolute atomic E-state index is 0.169. The van der Waals surface area contributed by atoms with E-state index in [1.54, 1.807) is 0 Å². The Hall–Kier alpha value is -2.84. The lowest BCUT2D eigenvalue weighted by atomic mass is 10.2. The van der Waals surface area contributed by atoms with Crippen LogP contribution >= 0.6 is 22.7 Å². The molecule has 0 saturated heterocycles. The Morgan fingerprint density at radius 3 is 2.74 bits per heavy atom. The van der Waals surface area contributed by atoms with E-state index in [1.165, 1.54) is 27.4 Å². The molecule has 0 spiro atoms. The average molecular weight is 396 g/mol. The van der Waals surface area contributed by atoms with Gasteiger partial charge in [0.1, 0.15) is 12.2 Å². The second-order valence-electron chi connectivity index (χ2n) is 6.06. The van der Waals surface area contributed by atoms with Crippen molar-refractivity contribution >= 4 is 44.5 Å². The third-order valence-corrected chi connectivity index (χ3v) is 5.93. The summed E-state index contributed by atoms with van der Waals surface area (Å²) in [6.45, 7) is 3.61. The number of para-hydroxylation sites is 1. The number of thiophene rings is 1. The average Bonchev–Trinajstić information content (AvgIpc) is 3.29. The summed E-state index contributed by atoms with van der Waals surface area (Å²) in [5.74, 6) is -0.303. The van der Waals surface area contributed by atoms with Crippen molar-refractivity contribution in [3.05, 3.63) is 62.7 Å². The third-order valence-electron chi connectivity index (χ3n) is 4.07. The van der Waals surface area contributed by atoms with E-state index in [-0.39, 0.29) is 18.0 Å².